The van der Waals surface area contributed by atoms with Gasteiger partial charge in [-0.2, -0.15) is 0 Å². The number of amides is 2. The minimum absolute atomic E-state index is 0.110. The molecule has 0 saturated carbocycles. The molecule has 0 aromatic heterocycles. The van der Waals surface area contributed by atoms with Crippen molar-refractivity contribution in [2.45, 2.75) is 6.92 Å². The van der Waals surface area contributed by atoms with Crippen LogP contribution in [0.5, 0.6) is 11.5 Å². The molecule has 7 nitrogen and oxygen atoms in total. The summed E-state index contributed by atoms with van der Waals surface area (Å²) in [4.78, 5) is 35.4. The third-order valence-corrected chi connectivity index (χ3v) is 3.90. The molecule has 0 heterocycles. The van der Waals surface area contributed by atoms with Crippen LogP contribution in [0, 0.1) is 0 Å². The van der Waals surface area contributed by atoms with E-state index in [1.165, 1.54) is 13.0 Å². The zero-order valence-electron chi connectivity index (χ0n) is 16.3. The number of nitrogens with one attached hydrogen (secondary N) is 2. The first-order valence-electron chi connectivity index (χ1n) is 9.17. The van der Waals surface area contributed by atoms with E-state index in [1.54, 1.807) is 54.6 Å². The fourth-order valence-electron chi connectivity index (χ4n) is 2.57. The maximum atomic E-state index is 12.4. The van der Waals surface area contributed by atoms with E-state index in [9.17, 15) is 14.4 Å². The molecule has 0 aliphatic rings. The highest BCUT2D eigenvalue weighted by Crippen LogP contribution is 2.17. The van der Waals surface area contributed by atoms with E-state index in [-0.39, 0.29) is 18.4 Å². The molecule has 7 heteroatoms. The molecule has 3 aromatic carbocycles. The lowest BCUT2D eigenvalue weighted by atomic mass is 10.2. The molecule has 0 atom stereocenters. The molecule has 3 aromatic rings. The van der Waals surface area contributed by atoms with Gasteiger partial charge < -0.3 is 20.1 Å². The third-order valence-electron chi connectivity index (χ3n) is 3.90. The summed E-state index contributed by atoms with van der Waals surface area (Å²) in [5.41, 5.74) is 1.48. The van der Waals surface area contributed by atoms with E-state index in [0.717, 1.165) is 0 Å². The summed E-state index contributed by atoms with van der Waals surface area (Å²) in [6, 6.07) is 22.1. The van der Waals surface area contributed by atoms with Gasteiger partial charge in [0.05, 0.1) is 0 Å². The highest BCUT2D eigenvalue weighted by atomic mass is 16.5. The monoisotopic (exact) mass is 404 g/mol. The van der Waals surface area contributed by atoms with Gasteiger partial charge in [0.15, 0.2) is 6.61 Å². The number of hydrogen-bond acceptors (Lipinski definition) is 5. The first-order chi connectivity index (χ1) is 14.5. The van der Waals surface area contributed by atoms with Gasteiger partial charge >= 0.3 is 5.97 Å². The first-order valence-corrected chi connectivity index (χ1v) is 9.17. The van der Waals surface area contributed by atoms with Crippen LogP contribution in [0.2, 0.25) is 0 Å². The number of carbonyl (C=O) groups is 3. The van der Waals surface area contributed by atoms with Crippen molar-refractivity contribution in [2.24, 2.45) is 0 Å². The summed E-state index contributed by atoms with van der Waals surface area (Å²) >= 11 is 0. The maximum absolute atomic E-state index is 12.4. The number of ether oxygens (including phenoxy) is 2. The Labute approximate surface area is 173 Å². The zero-order valence-corrected chi connectivity index (χ0v) is 16.3. The van der Waals surface area contributed by atoms with E-state index >= 15 is 0 Å². The van der Waals surface area contributed by atoms with Crippen molar-refractivity contribution >= 4 is 29.2 Å². The van der Waals surface area contributed by atoms with E-state index in [4.69, 9.17) is 9.47 Å². The van der Waals surface area contributed by atoms with Crippen molar-refractivity contribution in [3.05, 3.63) is 84.4 Å². The zero-order chi connectivity index (χ0) is 21.3. The number of esters is 1. The van der Waals surface area contributed by atoms with Crippen LogP contribution < -0.4 is 20.1 Å². The van der Waals surface area contributed by atoms with E-state index in [2.05, 4.69) is 10.6 Å². The van der Waals surface area contributed by atoms with Crippen LogP contribution >= 0.6 is 0 Å². The number of carbonyl (C=O) groups excluding carboxylic acids is 3. The molecule has 3 rings (SSSR count). The van der Waals surface area contributed by atoms with Gasteiger partial charge in [-0.1, -0.05) is 24.3 Å². The van der Waals surface area contributed by atoms with Crippen molar-refractivity contribution in [3.63, 3.8) is 0 Å². The maximum Gasteiger partial charge on any atom is 0.308 e. The van der Waals surface area contributed by atoms with Crippen molar-refractivity contribution in [2.75, 3.05) is 17.2 Å². The van der Waals surface area contributed by atoms with Crippen molar-refractivity contribution < 1.29 is 23.9 Å². The SMILES string of the molecule is CC(=O)Oc1cccc(C(=O)Nc2ccc(NC(=O)COc3ccccc3)cc2)c1. The molecule has 2 N–H and O–H groups in total. The molecular weight excluding hydrogens is 384 g/mol. The lowest BCUT2D eigenvalue weighted by molar-refractivity contribution is -0.131. The molecule has 0 unspecified atom stereocenters. The number of rotatable bonds is 7. The van der Waals surface area contributed by atoms with Crippen LogP contribution in [-0.4, -0.2) is 24.4 Å². The molecule has 0 saturated heterocycles. The van der Waals surface area contributed by atoms with Gasteiger partial charge in [0.25, 0.3) is 11.8 Å². The topological polar surface area (TPSA) is 93.7 Å². The largest absolute Gasteiger partial charge is 0.484 e. The number of anilines is 2. The molecule has 152 valence electrons. The second-order valence-corrected chi connectivity index (χ2v) is 6.30. The minimum Gasteiger partial charge on any atom is -0.484 e. The van der Waals surface area contributed by atoms with Crippen LogP contribution in [0.25, 0.3) is 0 Å². The third kappa shape index (κ3) is 6.20. The predicted molar refractivity (Wildman–Crippen MR) is 113 cm³/mol. The second kappa shape index (κ2) is 9.88. The van der Waals surface area contributed by atoms with Gasteiger partial charge in [0, 0.05) is 23.9 Å². The van der Waals surface area contributed by atoms with Crippen LogP contribution in [0.4, 0.5) is 11.4 Å². The van der Waals surface area contributed by atoms with Gasteiger partial charge in [0.1, 0.15) is 11.5 Å². The molecule has 2 amide bonds. The summed E-state index contributed by atoms with van der Waals surface area (Å²) in [6.45, 7) is 1.18. The molecule has 0 bridgehead atoms. The molecule has 0 aliphatic heterocycles. The molecule has 0 spiro atoms. The highest BCUT2D eigenvalue weighted by Gasteiger charge is 2.09. The second-order valence-electron chi connectivity index (χ2n) is 6.30. The normalized spacial score (nSPS) is 10.0. The smallest absolute Gasteiger partial charge is 0.308 e. The number of para-hydroxylation sites is 1. The van der Waals surface area contributed by atoms with Crippen LogP contribution in [-0.2, 0) is 9.59 Å². The Bertz CT molecular complexity index is 1030. The first kappa shape index (κ1) is 20.6. The van der Waals surface area contributed by atoms with Crippen molar-refractivity contribution in [1.29, 1.82) is 0 Å². The van der Waals surface area contributed by atoms with Crippen LogP contribution in [0.3, 0.4) is 0 Å². The molecule has 0 aliphatic carbocycles. The summed E-state index contributed by atoms with van der Waals surface area (Å²) in [7, 11) is 0. The van der Waals surface area contributed by atoms with Crippen LogP contribution in [0.1, 0.15) is 17.3 Å². The quantitative estimate of drug-likeness (QED) is 0.460. The van der Waals surface area contributed by atoms with Gasteiger partial charge in [-0.05, 0) is 54.6 Å². The average molecular weight is 404 g/mol. The Kier molecular flexibility index (Phi) is 6.78. The highest BCUT2D eigenvalue weighted by molar-refractivity contribution is 6.04. The Morgan fingerprint density at radius 1 is 0.767 bits per heavy atom. The lowest BCUT2D eigenvalue weighted by Gasteiger charge is -2.09. The lowest BCUT2D eigenvalue weighted by Crippen LogP contribution is -2.20. The average Bonchev–Trinajstić information content (AvgIpc) is 2.74. The molecule has 0 radical (unpaired) electrons. The minimum atomic E-state index is -0.459. The van der Waals surface area contributed by atoms with Gasteiger partial charge in [-0.25, -0.2) is 0 Å². The summed E-state index contributed by atoms with van der Waals surface area (Å²) in [6.07, 6.45) is 0. The van der Waals surface area contributed by atoms with Gasteiger partial charge in [0.2, 0.25) is 0 Å². The van der Waals surface area contributed by atoms with Gasteiger partial charge in [-0.3, -0.25) is 14.4 Å². The summed E-state index contributed by atoms with van der Waals surface area (Å²) in [5, 5.41) is 5.47. The van der Waals surface area contributed by atoms with Crippen molar-refractivity contribution in [3.8, 4) is 11.5 Å². The predicted octanol–water partition coefficient (Wildman–Crippen LogP) is 3.88. The Hall–Kier alpha value is -4.13. The van der Waals surface area contributed by atoms with Crippen LogP contribution in [0.15, 0.2) is 78.9 Å². The van der Waals surface area contributed by atoms with E-state index < -0.39 is 5.97 Å². The van der Waals surface area contributed by atoms with Crippen molar-refractivity contribution in [1.82, 2.24) is 0 Å². The fraction of sp³-hybridized carbons (Fsp3) is 0.0870. The van der Waals surface area contributed by atoms with E-state index in [1.807, 2.05) is 18.2 Å². The molecule has 0 fully saturated rings. The number of benzene rings is 3. The Morgan fingerprint density at radius 3 is 2.07 bits per heavy atom. The summed E-state index contributed by atoms with van der Waals surface area (Å²) in [5.74, 6) is -0.191. The van der Waals surface area contributed by atoms with E-state index in [0.29, 0.717) is 28.4 Å². The fourth-order valence-corrected chi connectivity index (χ4v) is 2.57. The summed E-state index contributed by atoms with van der Waals surface area (Å²) < 4.78 is 10.4. The van der Waals surface area contributed by atoms with Gasteiger partial charge in [-0.15, -0.1) is 0 Å². The standard InChI is InChI=1S/C23H20N2O5/c1-16(26)30-21-9-5-6-17(14-21)23(28)25-19-12-10-18(11-13-19)24-22(27)15-29-20-7-3-2-4-8-20/h2-14H,15H2,1H3,(H,24,27)(H,25,28). The molecular formula is C23H20N2O5. The Morgan fingerprint density at radius 2 is 1.40 bits per heavy atom. The molecule has 30 heavy (non-hydrogen) atoms. The Balaban J connectivity index is 1.53. The number of hydrogen-bond donors (Lipinski definition) is 2.